The van der Waals surface area contributed by atoms with Crippen molar-refractivity contribution in [3.05, 3.63) is 106 Å². The molecule has 2 unspecified atom stereocenters. The van der Waals surface area contributed by atoms with Crippen molar-refractivity contribution < 1.29 is 38.2 Å². The van der Waals surface area contributed by atoms with Crippen molar-refractivity contribution in [2.75, 3.05) is 6.61 Å². The molecule has 1 fully saturated rings. The molecule has 14 nitrogen and oxygen atoms in total. The van der Waals surface area contributed by atoms with E-state index in [2.05, 4.69) is 25.7 Å². The minimum absolute atomic E-state index is 0.142. The van der Waals surface area contributed by atoms with Crippen LogP contribution < -0.4 is 15.5 Å². The first-order valence-corrected chi connectivity index (χ1v) is 16.0. The molecule has 50 heavy (non-hydrogen) atoms. The van der Waals surface area contributed by atoms with Gasteiger partial charge < -0.3 is 23.8 Å². The van der Waals surface area contributed by atoms with Crippen molar-refractivity contribution in [1.82, 2.24) is 30.3 Å². The lowest BCUT2D eigenvalue weighted by Gasteiger charge is -2.16. The Kier molecular flexibility index (Phi) is 9.90. The molecule has 258 valence electrons. The number of nitrogens with zero attached hydrogens (tertiary/aromatic N) is 4. The number of carbonyl (C=O) groups excluding carboxylic acids is 3. The highest BCUT2D eigenvalue weighted by molar-refractivity contribution is 6.02. The van der Waals surface area contributed by atoms with Crippen molar-refractivity contribution in [2.45, 2.75) is 60.2 Å². The number of aryl methyl sites for hydroxylation is 3. The number of benzene rings is 3. The summed E-state index contributed by atoms with van der Waals surface area (Å²) in [6, 6.07) is 21.0. The summed E-state index contributed by atoms with van der Waals surface area (Å²) in [6.07, 6.45) is -3.30. The number of ether oxygens (including phenoxy) is 4. The van der Waals surface area contributed by atoms with Crippen LogP contribution in [0.4, 0.5) is 9.59 Å². The number of aromatic nitrogens is 4. The second-order valence-corrected chi connectivity index (χ2v) is 11.5. The SMILES string of the molecule is CCOc1nc2cccc(C(=O)OC(C)OC(=O)OCc3nc(C)c(C)nc3C)c2n1Cc1ccc(-c2ccccc2C2NOC(=O)N2)cc1. The molecule has 14 heteroatoms. The van der Waals surface area contributed by atoms with Gasteiger partial charge in [-0.3, -0.25) is 19.9 Å². The minimum atomic E-state index is -1.25. The van der Waals surface area contributed by atoms with Gasteiger partial charge in [-0.15, -0.1) is 5.48 Å². The Bertz CT molecular complexity index is 2060. The van der Waals surface area contributed by atoms with Gasteiger partial charge in [0.05, 0.1) is 52.5 Å². The quantitative estimate of drug-likeness (QED) is 0.0956. The summed E-state index contributed by atoms with van der Waals surface area (Å²) in [4.78, 5) is 55.8. The van der Waals surface area contributed by atoms with Gasteiger partial charge in [0.1, 0.15) is 12.8 Å². The Labute approximate surface area is 287 Å². The molecule has 0 spiro atoms. The Morgan fingerprint density at radius 1 is 0.920 bits per heavy atom. The number of para-hydroxylation sites is 1. The lowest BCUT2D eigenvalue weighted by molar-refractivity contribution is -0.0835. The maximum atomic E-state index is 13.5. The fraction of sp³-hybridized carbons (Fsp3) is 0.278. The van der Waals surface area contributed by atoms with Crippen LogP contribution in [0.25, 0.3) is 22.2 Å². The molecule has 0 radical (unpaired) electrons. The molecule has 5 aromatic rings. The van der Waals surface area contributed by atoms with Crippen molar-refractivity contribution in [1.29, 1.82) is 0 Å². The molecule has 0 aliphatic carbocycles. The number of carbonyl (C=O) groups is 3. The molecule has 1 aliphatic heterocycles. The molecule has 1 aliphatic rings. The number of nitrogens with one attached hydrogen (secondary N) is 2. The van der Waals surface area contributed by atoms with Crippen molar-refractivity contribution >= 4 is 29.3 Å². The maximum absolute atomic E-state index is 13.5. The third kappa shape index (κ3) is 7.34. The molecular weight excluding hydrogens is 644 g/mol. The predicted octanol–water partition coefficient (Wildman–Crippen LogP) is 5.96. The maximum Gasteiger partial charge on any atom is 0.511 e. The average Bonchev–Trinajstić information content (AvgIpc) is 3.69. The lowest BCUT2D eigenvalue weighted by atomic mass is 9.97. The Morgan fingerprint density at radius 3 is 2.42 bits per heavy atom. The van der Waals surface area contributed by atoms with Gasteiger partial charge in [0, 0.05) is 6.92 Å². The molecule has 0 saturated carbocycles. The summed E-state index contributed by atoms with van der Waals surface area (Å²) in [5.41, 5.74) is 10.2. The first-order chi connectivity index (χ1) is 24.1. The zero-order chi connectivity index (χ0) is 35.4. The van der Waals surface area contributed by atoms with Crippen LogP contribution in [-0.2, 0) is 32.2 Å². The Hall–Kier alpha value is -6.02. The molecular formula is C36H36N6O8. The number of esters is 1. The molecule has 2 N–H and O–H groups in total. The molecule has 3 heterocycles. The largest absolute Gasteiger partial charge is 0.511 e. The van der Waals surface area contributed by atoms with E-state index in [4.69, 9.17) is 23.8 Å². The molecule has 2 aromatic heterocycles. The van der Waals surface area contributed by atoms with Crippen LogP contribution in [0.1, 0.15) is 64.3 Å². The second-order valence-electron chi connectivity index (χ2n) is 11.5. The first kappa shape index (κ1) is 33.9. The van der Waals surface area contributed by atoms with Crippen molar-refractivity contribution in [3.8, 4) is 17.1 Å². The fourth-order valence-electron chi connectivity index (χ4n) is 5.56. The van der Waals surface area contributed by atoms with E-state index < -0.39 is 30.7 Å². The van der Waals surface area contributed by atoms with Gasteiger partial charge in [0.2, 0.25) is 6.29 Å². The zero-order valence-corrected chi connectivity index (χ0v) is 28.2. The summed E-state index contributed by atoms with van der Waals surface area (Å²) in [7, 11) is 0. The van der Waals surface area contributed by atoms with Crippen LogP contribution in [-0.4, -0.2) is 50.6 Å². The predicted molar refractivity (Wildman–Crippen MR) is 180 cm³/mol. The lowest BCUT2D eigenvalue weighted by Crippen LogP contribution is -2.23. The van der Waals surface area contributed by atoms with Gasteiger partial charge in [0.15, 0.2) is 0 Å². The second kappa shape index (κ2) is 14.6. The molecule has 6 rings (SSSR count). The number of imidazole rings is 1. The average molecular weight is 681 g/mol. The first-order valence-electron chi connectivity index (χ1n) is 16.0. The van der Waals surface area contributed by atoms with E-state index in [1.165, 1.54) is 6.92 Å². The van der Waals surface area contributed by atoms with E-state index in [1.54, 1.807) is 29.7 Å². The molecule has 0 bridgehead atoms. The van der Waals surface area contributed by atoms with Gasteiger partial charge in [-0.05, 0) is 62.1 Å². The van der Waals surface area contributed by atoms with Crippen LogP contribution in [0.15, 0.2) is 66.7 Å². The van der Waals surface area contributed by atoms with Gasteiger partial charge in [0.25, 0.3) is 6.01 Å². The van der Waals surface area contributed by atoms with Crippen molar-refractivity contribution in [2.24, 2.45) is 0 Å². The van der Waals surface area contributed by atoms with Crippen LogP contribution in [0.5, 0.6) is 6.01 Å². The highest BCUT2D eigenvalue weighted by Crippen LogP contribution is 2.31. The Balaban J connectivity index is 1.18. The summed E-state index contributed by atoms with van der Waals surface area (Å²) in [6.45, 7) is 9.26. The summed E-state index contributed by atoms with van der Waals surface area (Å²) < 4.78 is 23.6. The van der Waals surface area contributed by atoms with E-state index in [0.29, 0.717) is 41.6 Å². The van der Waals surface area contributed by atoms with Gasteiger partial charge in [-0.25, -0.2) is 14.4 Å². The number of hydroxylamine groups is 1. The van der Waals surface area contributed by atoms with E-state index in [1.807, 2.05) is 69.3 Å². The summed E-state index contributed by atoms with van der Waals surface area (Å²) >= 11 is 0. The molecule has 1 saturated heterocycles. The number of hydrogen-bond acceptors (Lipinski definition) is 12. The highest BCUT2D eigenvalue weighted by Gasteiger charge is 2.26. The normalized spacial score (nSPS) is 14.5. The third-order valence-electron chi connectivity index (χ3n) is 8.08. The topological polar surface area (TPSA) is 165 Å². The third-order valence-corrected chi connectivity index (χ3v) is 8.08. The summed E-state index contributed by atoms with van der Waals surface area (Å²) in [5.74, 6) is -0.723. The fourth-order valence-corrected chi connectivity index (χ4v) is 5.56. The van der Waals surface area contributed by atoms with Crippen LogP contribution >= 0.6 is 0 Å². The van der Waals surface area contributed by atoms with E-state index in [9.17, 15) is 14.4 Å². The highest BCUT2D eigenvalue weighted by atomic mass is 16.8. The van der Waals surface area contributed by atoms with E-state index in [-0.39, 0.29) is 12.2 Å². The molecule has 3 aromatic carbocycles. The number of hydrogen-bond donors (Lipinski definition) is 2. The number of fused-ring (bicyclic) bond motifs is 1. The van der Waals surface area contributed by atoms with E-state index >= 15 is 0 Å². The molecule has 1 amide bonds. The summed E-state index contributed by atoms with van der Waals surface area (Å²) in [5, 5.41) is 2.74. The van der Waals surface area contributed by atoms with Gasteiger partial charge in [-0.2, -0.15) is 4.98 Å². The van der Waals surface area contributed by atoms with Crippen LogP contribution in [0.3, 0.4) is 0 Å². The monoisotopic (exact) mass is 680 g/mol. The van der Waals surface area contributed by atoms with Crippen LogP contribution in [0, 0.1) is 20.8 Å². The van der Waals surface area contributed by atoms with Gasteiger partial charge in [-0.1, -0.05) is 54.6 Å². The standard InChI is InChI=1S/C36H36N6O8/c1-6-46-34-39-29-13-9-12-28(33(43)48-23(5)49-36(45)47-19-30-22(4)37-20(2)21(3)38-30)31(29)42(34)18-24-14-16-25(17-15-24)26-10-7-8-11-27(26)32-40-35(44)50-41-32/h7-17,23,32,41H,6,18-19H2,1-5H3,(H,40,44). The Morgan fingerprint density at radius 2 is 1.68 bits per heavy atom. The van der Waals surface area contributed by atoms with Gasteiger partial charge >= 0.3 is 18.2 Å². The zero-order valence-electron chi connectivity index (χ0n) is 28.2. The smallest absolute Gasteiger partial charge is 0.465 e. The van der Waals surface area contributed by atoms with E-state index in [0.717, 1.165) is 33.6 Å². The number of rotatable bonds is 11. The molecule has 2 atom stereocenters. The minimum Gasteiger partial charge on any atom is -0.465 e. The number of amides is 1. The van der Waals surface area contributed by atoms with Crippen molar-refractivity contribution in [3.63, 3.8) is 0 Å². The van der Waals surface area contributed by atoms with Crippen LogP contribution in [0.2, 0.25) is 0 Å².